The number of nitrogens with zero attached hydrogens (tertiary/aromatic N) is 1. The van der Waals surface area contributed by atoms with Gasteiger partial charge in [0.25, 0.3) is 5.91 Å². The molecule has 7 nitrogen and oxygen atoms in total. The molecule has 4 aromatic rings. The summed E-state index contributed by atoms with van der Waals surface area (Å²) in [4.78, 5) is 30.8. The predicted molar refractivity (Wildman–Crippen MR) is 132 cm³/mol. The first-order valence-electron chi connectivity index (χ1n) is 10.9. The first-order chi connectivity index (χ1) is 17.0. The summed E-state index contributed by atoms with van der Waals surface area (Å²) in [6, 6.07) is 24.9. The van der Waals surface area contributed by atoms with Gasteiger partial charge in [-0.2, -0.15) is 5.06 Å². The van der Waals surface area contributed by atoms with Gasteiger partial charge in [0.05, 0.1) is 23.6 Å². The zero-order valence-electron chi connectivity index (χ0n) is 18.5. The number of hydrogen-bond acceptors (Lipinski definition) is 4. The Bertz CT molecular complexity index is 1420. The maximum absolute atomic E-state index is 13.6. The summed E-state index contributed by atoms with van der Waals surface area (Å²) in [6.07, 6.45) is 0. The van der Waals surface area contributed by atoms with Crippen LogP contribution in [0.2, 0.25) is 0 Å². The Morgan fingerprint density at radius 1 is 0.943 bits per heavy atom. The zero-order chi connectivity index (χ0) is 24.4. The third kappa shape index (κ3) is 4.77. The highest BCUT2D eigenvalue weighted by Gasteiger charge is 2.24. The van der Waals surface area contributed by atoms with Crippen molar-refractivity contribution in [3.63, 3.8) is 0 Å². The van der Waals surface area contributed by atoms with Crippen LogP contribution in [-0.2, 0) is 6.54 Å². The molecule has 5 rings (SSSR count). The number of rotatable bonds is 5. The van der Waals surface area contributed by atoms with Crippen LogP contribution in [-0.4, -0.2) is 17.0 Å². The summed E-state index contributed by atoms with van der Waals surface area (Å²) in [5.74, 6) is -0.136. The number of nitrogens with one attached hydrogen (secondary N) is 2. The van der Waals surface area contributed by atoms with E-state index < -0.39 is 0 Å². The molecular formula is C27H21FN4O3. The SMILES string of the molecule is Nc1ccc(-c2cccc(F)c2)cc1NC(=O)c1ccc(CN2Oc3ccccc3NC2=O)cc1. The Labute approximate surface area is 200 Å². The van der Waals surface area contributed by atoms with E-state index in [0.29, 0.717) is 33.9 Å². The third-order valence-electron chi connectivity index (χ3n) is 5.57. The standard InChI is InChI=1S/C27H21FN4O3/c28-21-5-3-4-19(14-21)20-12-13-22(29)24(15-20)30-26(33)18-10-8-17(9-11-18)16-32-27(34)31-23-6-1-2-7-25(23)35-32/h1-15H,16,29H2,(H,30,33)(H,31,34). The lowest BCUT2D eigenvalue weighted by Crippen LogP contribution is -2.40. The van der Waals surface area contributed by atoms with Crippen molar-refractivity contribution in [3.8, 4) is 16.9 Å². The van der Waals surface area contributed by atoms with Crippen molar-refractivity contribution < 1.29 is 18.8 Å². The first-order valence-corrected chi connectivity index (χ1v) is 10.9. The molecule has 0 bridgehead atoms. The normalized spacial score (nSPS) is 12.4. The number of fused-ring (bicyclic) bond motifs is 1. The predicted octanol–water partition coefficient (Wildman–Crippen LogP) is 5.67. The number of carbonyl (C=O) groups is 2. The number of halogens is 1. The molecule has 0 atom stereocenters. The van der Waals surface area contributed by atoms with Gasteiger partial charge in [0, 0.05) is 5.56 Å². The topological polar surface area (TPSA) is 96.7 Å². The highest BCUT2D eigenvalue weighted by atomic mass is 19.1. The number of nitrogens with two attached hydrogens (primary N) is 1. The maximum atomic E-state index is 13.6. The molecule has 0 unspecified atom stereocenters. The van der Waals surface area contributed by atoms with Gasteiger partial charge in [0.15, 0.2) is 5.75 Å². The summed E-state index contributed by atoms with van der Waals surface area (Å²) in [5, 5.41) is 6.81. The largest absolute Gasteiger partial charge is 0.397 e. The number of hydrogen-bond donors (Lipinski definition) is 3. The summed E-state index contributed by atoms with van der Waals surface area (Å²) < 4.78 is 13.6. The van der Waals surface area contributed by atoms with Crippen molar-refractivity contribution in [3.05, 3.63) is 108 Å². The molecule has 0 aliphatic carbocycles. The molecule has 174 valence electrons. The molecule has 1 heterocycles. The minimum absolute atomic E-state index is 0.199. The fourth-order valence-electron chi connectivity index (χ4n) is 3.73. The van der Waals surface area contributed by atoms with Crippen LogP contribution >= 0.6 is 0 Å². The number of hydroxylamine groups is 2. The fourth-order valence-corrected chi connectivity index (χ4v) is 3.73. The third-order valence-corrected chi connectivity index (χ3v) is 5.57. The van der Waals surface area contributed by atoms with Crippen LogP contribution in [0.1, 0.15) is 15.9 Å². The number of urea groups is 1. The number of anilines is 3. The van der Waals surface area contributed by atoms with Gasteiger partial charge in [-0.05, 0) is 65.2 Å². The lowest BCUT2D eigenvalue weighted by molar-refractivity contribution is -0.0184. The number of para-hydroxylation sites is 2. The van der Waals surface area contributed by atoms with Gasteiger partial charge in [-0.25, -0.2) is 9.18 Å². The highest BCUT2D eigenvalue weighted by molar-refractivity contribution is 6.06. The first kappa shape index (κ1) is 22.0. The van der Waals surface area contributed by atoms with Crippen molar-refractivity contribution >= 4 is 29.0 Å². The Hall–Kier alpha value is -4.85. The number of nitrogen functional groups attached to an aromatic ring is 1. The van der Waals surface area contributed by atoms with Crippen LogP contribution in [0.4, 0.5) is 26.2 Å². The number of amides is 3. The summed E-state index contributed by atoms with van der Waals surface area (Å²) in [6.45, 7) is 0.199. The molecule has 8 heteroatoms. The van der Waals surface area contributed by atoms with E-state index in [4.69, 9.17) is 10.6 Å². The van der Waals surface area contributed by atoms with Crippen LogP contribution in [0.5, 0.6) is 5.75 Å². The molecule has 4 aromatic carbocycles. The molecule has 0 radical (unpaired) electrons. The molecule has 4 N–H and O–H groups in total. The quantitative estimate of drug-likeness (QED) is 0.329. The summed E-state index contributed by atoms with van der Waals surface area (Å²) in [5.41, 5.74) is 10.1. The maximum Gasteiger partial charge on any atom is 0.355 e. The lowest BCUT2D eigenvalue weighted by atomic mass is 10.0. The van der Waals surface area contributed by atoms with Gasteiger partial charge in [-0.1, -0.05) is 42.5 Å². The average Bonchev–Trinajstić information content (AvgIpc) is 2.86. The van der Waals surface area contributed by atoms with Crippen molar-refractivity contribution in [2.75, 3.05) is 16.4 Å². The van der Waals surface area contributed by atoms with E-state index in [1.54, 1.807) is 66.7 Å². The zero-order valence-corrected chi connectivity index (χ0v) is 18.5. The van der Waals surface area contributed by atoms with Gasteiger partial charge >= 0.3 is 6.03 Å². The minimum atomic E-state index is -0.376. The smallest absolute Gasteiger partial charge is 0.355 e. The van der Waals surface area contributed by atoms with Gasteiger partial charge in [-0.3, -0.25) is 4.79 Å². The second kappa shape index (κ2) is 9.18. The summed E-state index contributed by atoms with van der Waals surface area (Å²) in [7, 11) is 0. The van der Waals surface area contributed by atoms with Gasteiger partial charge in [0.1, 0.15) is 5.82 Å². The molecule has 1 aliphatic rings. The second-order valence-electron chi connectivity index (χ2n) is 8.02. The number of carbonyl (C=O) groups excluding carboxylic acids is 2. The van der Waals surface area contributed by atoms with Crippen molar-refractivity contribution in [2.24, 2.45) is 0 Å². The van der Waals surface area contributed by atoms with Crippen LogP contribution < -0.4 is 21.2 Å². The minimum Gasteiger partial charge on any atom is -0.397 e. The Kier molecular flexibility index (Phi) is 5.76. The van der Waals surface area contributed by atoms with Gasteiger partial charge in [0.2, 0.25) is 0 Å². The monoisotopic (exact) mass is 468 g/mol. The molecule has 0 saturated carbocycles. The van der Waals surface area contributed by atoms with Gasteiger partial charge < -0.3 is 21.2 Å². The van der Waals surface area contributed by atoms with E-state index >= 15 is 0 Å². The summed E-state index contributed by atoms with van der Waals surface area (Å²) >= 11 is 0. The van der Waals surface area contributed by atoms with E-state index in [2.05, 4.69) is 10.6 Å². The molecule has 1 aliphatic heterocycles. The van der Waals surface area contributed by atoms with Gasteiger partial charge in [-0.15, -0.1) is 0 Å². The molecule has 0 saturated heterocycles. The van der Waals surface area contributed by atoms with Crippen LogP contribution in [0, 0.1) is 5.82 Å². The molecular weight excluding hydrogens is 447 g/mol. The molecule has 35 heavy (non-hydrogen) atoms. The average molecular weight is 468 g/mol. The lowest BCUT2D eigenvalue weighted by Gasteiger charge is -2.28. The fraction of sp³-hybridized carbons (Fsp3) is 0.0370. The highest BCUT2D eigenvalue weighted by Crippen LogP contribution is 2.30. The molecule has 3 amide bonds. The van der Waals surface area contributed by atoms with Crippen molar-refractivity contribution in [1.82, 2.24) is 5.06 Å². The second-order valence-corrected chi connectivity index (χ2v) is 8.02. The Balaban J connectivity index is 1.28. The van der Waals surface area contributed by atoms with Crippen LogP contribution in [0.3, 0.4) is 0 Å². The van der Waals surface area contributed by atoms with E-state index in [-0.39, 0.29) is 24.3 Å². The van der Waals surface area contributed by atoms with E-state index in [1.165, 1.54) is 17.2 Å². The Morgan fingerprint density at radius 3 is 2.51 bits per heavy atom. The molecule has 0 aromatic heterocycles. The molecule has 0 fully saturated rings. The Morgan fingerprint density at radius 2 is 1.71 bits per heavy atom. The van der Waals surface area contributed by atoms with Crippen LogP contribution in [0.15, 0.2) is 91.0 Å². The van der Waals surface area contributed by atoms with Crippen molar-refractivity contribution in [1.29, 1.82) is 0 Å². The van der Waals surface area contributed by atoms with E-state index in [0.717, 1.165) is 11.1 Å². The van der Waals surface area contributed by atoms with E-state index in [9.17, 15) is 14.0 Å². The number of benzene rings is 4. The van der Waals surface area contributed by atoms with Crippen molar-refractivity contribution in [2.45, 2.75) is 6.54 Å². The molecule has 0 spiro atoms. The van der Waals surface area contributed by atoms with Crippen LogP contribution in [0.25, 0.3) is 11.1 Å². The van der Waals surface area contributed by atoms with E-state index in [1.807, 2.05) is 12.1 Å².